The van der Waals surface area contributed by atoms with E-state index < -0.39 is 0 Å². The Morgan fingerprint density at radius 3 is 2.50 bits per heavy atom. The van der Waals surface area contributed by atoms with Gasteiger partial charge in [-0.1, -0.05) is 38.1 Å². The van der Waals surface area contributed by atoms with Crippen LogP contribution in [0.2, 0.25) is 0 Å². The van der Waals surface area contributed by atoms with Crippen LogP contribution >= 0.6 is 0 Å². The van der Waals surface area contributed by atoms with Crippen molar-refractivity contribution in [2.24, 2.45) is 4.99 Å². The van der Waals surface area contributed by atoms with Crippen molar-refractivity contribution in [3.05, 3.63) is 65.2 Å². The second-order valence-corrected chi connectivity index (χ2v) is 7.27. The highest BCUT2D eigenvalue weighted by atomic mass is 16.5. The molecule has 3 N–H and O–H groups in total. The van der Waals surface area contributed by atoms with Crippen molar-refractivity contribution in [3.63, 3.8) is 0 Å². The van der Waals surface area contributed by atoms with Gasteiger partial charge >= 0.3 is 0 Å². The highest BCUT2D eigenvalue weighted by molar-refractivity contribution is 5.94. The van der Waals surface area contributed by atoms with Gasteiger partial charge in [0.25, 0.3) is 5.91 Å². The minimum atomic E-state index is -0.0336. The third kappa shape index (κ3) is 7.43. The van der Waals surface area contributed by atoms with Gasteiger partial charge in [0, 0.05) is 32.2 Å². The maximum atomic E-state index is 12.1. The van der Waals surface area contributed by atoms with Gasteiger partial charge in [-0.3, -0.25) is 9.79 Å². The Morgan fingerprint density at radius 2 is 1.83 bits per heavy atom. The first kappa shape index (κ1) is 23.3. The van der Waals surface area contributed by atoms with Crippen LogP contribution < -0.4 is 20.7 Å². The third-order valence-corrected chi connectivity index (χ3v) is 4.96. The molecule has 1 unspecified atom stereocenters. The molecule has 0 heterocycles. The van der Waals surface area contributed by atoms with Crippen LogP contribution in [0.25, 0.3) is 0 Å². The molecule has 0 aliphatic carbocycles. The van der Waals surface area contributed by atoms with E-state index in [0.29, 0.717) is 24.6 Å². The lowest BCUT2D eigenvalue weighted by Crippen LogP contribution is -2.37. The highest BCUT2D eigenvalue weighted by Crippen LogP contribution is 2.21. The first-order valence-corrected chi connectivity index (χ1v) is 10.5. The second-order valence-electron chi connectivity index (χ2n) is 7.27. The van der Waals surface area contributed by atoms with Crippen molar-refractivity contribution >= 4 is 11.9 Å². The summed E-state index contributed by atoms with van der Waals surface area (Å²) in [5, 5.41) is 9.59. The van der Waals surface area contributed by atoms with Crippen LogP contribution in [0, 0.1) is 0 Å². The van der Waals surface area contributed by atoms with Gasteiger partial charge in [-0.05, 0) is 54.2 Å². The van der Waals surface area contributed by atoms with Crippen LogP contribution in [-0.4, -0.2) is 39.1 Å². The Kier molecular flexibility index (Phi) is 9.71. The maximum absolute atomic E-state index is 12.1. The maximum Gasteiger partial charge on any atom is 0.251 e. The lowest BCUT2D eigenvalue weighted by molar-refractivity contribution is 0.0953. The molecule has 0 bridgehead atoms. The Hall–Kier alpha value is -3.02. The molecule has 0 fully saturated rings. The van der Waals surface area contributed by atoms with E-state index in [1.165, 1.54) is 5.56 Å². The lowest BCUT2D eigenvalue weighted by Gasteiger charge is -2.16. The number of nitrogens with one attached hydrogen (secondary N) is 3. The van der Waals surface area contributed by atoms with Crippen LogP contribution in [0.1, 0.15) is 54.1 Å². The fourth-order valence-electron chi connectivity index (χ4n) is 3.08. The number of hydrogen-bond acceptors (Lipinski definition) is 3. The first-order valence-electron chi connectivity index (χ1n) is 10.5. The molecule has 0 saturated carbocycles. The van der Waals surface area contributed by atoms with Crippen LogP contribution in [0.3, 0.4) is 0 Å². The zero-order chi connectivity index (χ0) is 21.8. The van der Waals surface area contributed by atoms with Crippen molar-refractivity contribution in [1.29, 1.82) is 0 Å². The first-order chi connectivity index (χ1) is 14.6. The summed E-state index contributed by atoms with van der Waals surface area (Å²) >= 11 is 0. The van der Waals surface area contributed by atoms with Crippen LogP contribution in [-0.2, 0) is 6.54 Å². The lowest BCUT2D eigenvalue weighted by atomic mass is 9.98. The molecule has 162 valence electrons. The normalized spacial score (nSPS) is 12.2. The average molecular weight is 411 g/mol. The zero-order valence-electron chi connectivity index (χ0n) is 18.5. The predicted molar refractivity (Wildman–Crippen MR) is 123 cm³/mol. The summed E-state index contributed by atoms with van der Waals surface area (Å²) in [7, 11) is 3.44. The molecular weight excluding hydrogens is 376 g/mol. The van der Waals surface area contributed by atoms with Crippen LogP contribution in [0.15, 0.2) is 53.5 Å². The number of ether oxygens (including phenoxy) is 1. The van der Waals surface area contributed by atoms with Gasteiger partial charge in [0.1, 0.15) is 5.75 Å². The number of carbonyl (C=O) groups excluding carboxylic acids is 1. The molecule has 1 amide bonds. The summed E-state index contributed by atoms with van der Waals surface area (Å²) in [6.45, 7) is 6.35. The van der Waals surface area contributed by atoms with E-state index in [9.17, 15) is 4.79 Å². The monoisotopic (exact) mass is 410 g/mol. The molecule has 2 rings (SSSR count). The Bertz CT molecular complexity index is 818. The third-order valence-electron chi connectivity index (χ3n) is 4.96. The van der Waals surface area contributed by atoms with E-state index in [2.05, 4.69) is 40.0 Å². The number of nitrogens with zero attached hydrogens (tertiary/aromatic N) is 1. The zero-order valence-corrected chi connectivity index (χ0v) is 18.5. The molecule has 30 heavy (non-hydrogen) atoms. The molecule has 6 nitrogen and oxygen atoms in total. The summed E-state index contributed by atoms with van der Waals surface area (Å²) in [5.41, 5.74) is 3.01. The summed E-state index contributed by atoms with van der Waals surface area (Å²) in [5.74, 6) is 2.02. The van der Waals surface area contributed by atoms with Gasteiger partial charge in [0.05, 0.1) is 7.11 Å². The SMILES string of the molecule is CCCNC(=O)c1cccc(CNC(=NC)NCCC(C)c2ccc(OC)cc2)c1. The van der Waals surface area contributed by atoms with Crippen molar-refractivity contribution in [1.82, 2.24) is 16.0 Å². The molecule has 0 radical (unpaired) electrons. The van der Waals surface area contributed by atoms with Gasteiger partial charge in [0.15, 0.2) is 5.96 Å². The van der Waals surface area contributed by atoms with Gasteiger partial charge in [-0.15, -0.1) is 0 Å². The number of aliphatic imine (C=N–C) groups is 1. The van der Waals surface area contributed by atoms with E-state index in [0.717, 1.165) is 36.7 Å². The van der Waals surface area contributed by atoms with Crippen molar-refractivity contribution < 1.29 is 9.53 Å². The molecule has 0 saturated heterocycles. The van der Waals surface area contributed by atoms with Gasteiger partial charge < -0.3 is 20.7 Å². The van der Waals surface area contributed by atoms with Crippen LogP contribution in [0.5, 0.6) is 5.75 Å². The van der Waals surface area contributed by atoms with Crippen molar-refractivity contribution in [2.45, 2.75) is 39.2 Å². The Morgan fingerprint density at radius 1 is 1.07 bits per heavy atom. The summed E-state index contributed by atoms with van der Waals surface area (Å²) < 4.78 is 5.22. The Balaban J connectivity index is 1.80. The van der Waals surface area contributed by atoms with Gasteiger partial charge in [-0.25, -0.2) is 0 Å². The molecule has 0 spiro atoms. The predicted octanol–water partition coefficient (Wildman–Crippen LogP) is 3.69. The minimum Gasteiger partial charge on any atom is -0.497 e. The fraction of sp³-hybridized carbons (Fsp3) is 0.417. The minimum absolute atomic E-state index is 0.0336. The second kappa shape index (κ2) is 12.5. The number of benzene rings is 2. The van der Waals surface area contributed by atoms with Crippen molar-refractivity contribution in [2.75, 3.05) is 27.2 Å². The molecule has 2 aromatic carbocycles. The smallest absolute Gasteiger partial charge is 0.251 e. The average Bonchev–Trinajstić information content (AvgIpc) is 2.79. The van der Waals surface area contributed by atoms with Gasteiger partial charge in [-0.2, -0.15) is 0 Å². The molecule has 0 aromatic heterocycles. The Labute approximate surface area is 180 Å². The van der Waals surface area contributed by atoms with E-state index >= 15 is 0 Å². The summed E-state index contributed by atoms with van der Waals surface area (Å²) in [6.07, 6.45) is 1.91. The summed E-state index contributed by atoms with van der Waals surface area (Å²) in [4.78, 5) is 16.4. The van der Waals surface area contributed by atoms with Crippen LogP contribution in [0.4, 0.5) is 0 Å². The van der Waals surface area contributed by atoms with E-state index in [4.69, 9.17) is 4.74 Å². The van der Waals surface area contributed by atoms with E-state index in [1.54, 1.807) is 14.2 Å². The van der Waals surface area contributed by atoms with Gasteiger partial charge in [0.2, 0.25) is 0 Å². The quantitative estimate of drug-likeness (QED) is 0.412. The molecular formula is C24H34N4O2. The number of carbonyl (C=O) groups is 1. The topological polar surface area (TPSA) is 74.8 Å². The molecule has 1 atom stereocenters. The molecule has 2 aromatic rings. The number of hydrogen-bond donors (Lipinski definition) is 3. The fourth-order valence-corrected chi connectivity index (χ4v) is 3.08. The molecule has 6 heteroatoms. The summed E-state index contributed by atoms with van der Waals surface area (Å²) in [6, 6.07) is 15.9. The number of guanidine groups is 1. The highest BCUT2D eigenvalue weighted by Gasteiger charge is 2.08. The molecule has 0 aliphatic heterocycles. The molecule has 0 aliphatic rings. The number of rotatable bonds is 10. The standard InChI is InChI=1S/C24H34N4O2/c1-5-14-26-23(29)21-8-6-7-19(16-21)17-28-24(25-3)27-15-13-18(2)20-9-11-22(30-4)12-10-20/h6-12,16,18H,5,13-15,17H2,1-4H3,(H,26,29)(H2,25,27,28). The number of methoxy groups -OCH3 is 1. The number of amides is 1. The van der Waals surface area contributed by atoms with E-state index in [1.807, 2.05) is 43.3 Å². The largest absolute Gasteiger partial charge is 0.497 e. The van der Waals surface area contributed by atoms with Crippen molar-refractivity contribution in [3.8, 4) is 5.75 Å². The van der Waals surface area contributed by atoms with E-state index in [-0.39, 0.29) is 5.91 Å².